The van der Waals surface area contributed by atoms with Gasteiger partial charge in [0.25, 0.3) is 5.91 Å². The standard InChI is InChI=1S/C14H8Cl3F3N2O.C13H13ClN4O2S/c15-8-2-1-3-9(16)12(8)13(23)22-6-11-10(17)4-7(5-21-11)14(18,19)20;1-9-4-6-10(7-5-9)12-13(14)16-11(8-15)18(12)21(19,20)17(2)3/h1-5H,6H2,(H,22,23);4-7H,1-3H3. The third-order valence-electron chi connectivity index (χ3n) is 5.76. The molecule has 4 rings (SSSR count). The maximum Gasteiger partial charge on any atom is 0.417 e. The van der Waals surface area contributed by atoms with Crippen molar-refractivity contribution in [3.63, 3.8) is 0 Å². The van der Waals surface area contributed by atoms with Crippen LogP contribution in [0.5, 0.6) is 0 Å². The first kappa shape index (κ1) is 35.1. The lowest BCUT2D eigenvalue weighted by molar-refractivity contribution is -0.137. The van der Waals surface area contributed by atoms with E-state index in [2.05, 4.69) is 15.3 Å². The van der Waals surface area contributed by atoms with Crippen LogP contribution in [0.2, 0.25) is 20.2 Å². The fourth-order valence-electron chi connectivity index (χ4n) is 3.51. The van der Waals surface area contributed by atoms with Crippen LogP contribution in [0.1, 0.15) is 33.0 Å². The van der Waals surface area contributed by atoms with Crippen LogP contribution in [0.3, 0.4) is 0 Å². The van der Waals surface area contributed by atoms with Gasteiger partial charge < -0.3 is 5.32 Å². The van der Waals surface area contributed by atoms with E-state index in [9.17, 15) is 26.4 Å². The molecule has 0 bridgehead atoms. The Morgan fingerprint density at radius 1 is 1.05 bits per heavy atom. The number of hydrogen-bond acceptors (Lipinski definition) is 6. The predicted octanol–water partition coefficient (Wildman–Crippen LogP) is 7.03. The van der Waals surface area contributed by atoms with Gasteiger partial charge in [-0.25, -0.2) is 4.98 Å². The highest BCUT2D eigenvalue weighted by atomic mass is 35.5. The zero-order valence-electron chi connectivity index (χ0n) is 22.9. The minimum atomic E-state index is -4.54. The maximum absolute atomic E-state index is 12.5. The van der Waals surface area contributed by atoms with E-state index in [1.807, 2.05) is 19.1 Å². The van der Waals surface area contributed by atoms with Gasteiger partial charge in [-0.3, -0.25) is 9.78 Å². The van der Waals surface area contributed by atoms with Gasteiger partial charge >= 0.3 is 16.4 Å². The van der Waals surface area contributed by atoms with E-state index in [1.165, 1.54) is 26.2 Å². The number of halogens is 7. The molecule has 0 aliphatic carbocycles. The molecule has 1 N–H and O–H groups in total. The summed E-state index contributed by atoms with van der Waals surface area (Å²) in [5.74, 6) is -0.859. The molecule has 0 radical (unpaired) electrons. The number of alkyl halides is 3. The molecule has 1 amide bonds. The molecule has 0 aliphatic rings. The summed E-state index contributed by atoms with van der Waals surface area (Å²) in [6.07, 6.45) is -3.89. The predicted molar refractivity (Wildman–Crippen MR) is 162 cm³/mol. The number of nitrogens with zero attached hydrogens (tertiary/aromatic N) is 5. The third-order valence-corrected chi connectivity index (χ3v) is 8.72. The van der Waals surface area contributed by atoms with Crippen LogP contribution in [-0.2, 0) is 22.9 Å². The molecule has 4 aromatic rings. The summed E-state index contributed by atoms with van der Waals surface area (Å²) < 4.78 is 64.3. The Morgan fingerprint density at radius 3 is 2.14 bits per heavy atom. The molecule has 232 valence electrons. The largest absolute Gasteiger partial charge is 0.417 e. The molecule has 2 aromatic carbocycles. The number of aryl methyl sites for hydroxylation is 1. The van der Waals surface area contributed by atoms with E-state index in [1.54, 1.807) is 24.3 Å². The first-order chi connectivity index (χ1) is 20.5. The lowest BCUT2D eigenvalue weighted by atomic mass is 10.1. The number of carbonyl (C=O) groups is 1. The molecule has 9 nitrogen and oxygen atoms in total. The number of amides is 1. The van der Waals surface area contributed by atoms with Gasteiger partial charge in [-0.2, -0.15) is 35.1 Å². The molecule has 0 fully saturated rings. The van der Waals surface area contributed by atoms with Crippen LogP contribution < -0.4 is 5.32 Å². The number of aromatic nitrogens is 3. The molecule has 0 aliphatic heterocycles. The molecule has 0 spiro atoms. The van der Waals surface area contributed by atoms with Crippen molar-refractivity contribution in [3.8, 4) is 17.3 Å². The van der Waals surface area contributed by atoms with E-state index in [0.29, 0.717) is 11.8 Å². The topological polar surface area (TPSA) is 121 Å². The Morgan fingerprint density at radius 2 is 1.64 bits per heavy atom. The molecule has 2 heterocycles. The summed E-state index contributed by atoms with van der Waals surface area (Å²) in [6.45, 7) is 1.75. The minimum absolute atomic E-state index is 0.0270. The number of hydrogen-bond donors (Lipinski definition) is 1. The van der Waals surface area contributed by atoms with Crippen LogP contribution in [0, 0.1) is 18.3 Å². The van der Waals surface area contributed by atoms with Crippen molar-refractivity contribution in [1.29, 1.82) is 5.26 Å². The molecule has 17 heteroatoms. The summed E-state index contributed by atoms with van der Waals surface area (Å²) in [6, 6.07) is 14.2. The van der Waals surface area contributed by atoms with Gasteiger partial charge in [-0.05, 0) is 25.1 Å². The monoisotopic (exact) mass is 706 g/mol. The van der Waals surface area contributed by atoms with Crippen LogP contribution in [0.4, 0.5) is 13.2 Å². The van der Waals surface area contributed by atoms with Crippen LogP contribution in [0.25, 0.3) is 11.3 Å². The van der Waals surface area contributed by atoms with E-state index < -0.39 is 27.9 Å². The van der Waals surface area contributed by atoms with E-state index >= 15 is 0 Å². The Labute approximate surface area is 270 Å². The van der Waals surface area contributed by atoms with Crippen molar-refractivity contribution in [2.45, 2.75) is 19.6 Å². The first-order valence-corrected chi connectivity index (χ1v) is 15.0. The molecule has 44 heavy (non-hydrogen) atoms. The normalized spacial score (nSPS) is 11.5. The Balaban J connectivity index is 0.000000241. The molecule has 0 unspecified atom stereocenters. The number of imidazole rings is 1. The SMILES string of the molecule is Cc1ccc(-c2c(Cl)nc(C#N)n2S(=O)(=O)N(C)C)cc1.O=C(NCc1ncc(C(F)(F)F)cc1Cl)c1c(Cl)cccc1Cl. The fraction of sp³-hybridized carbons (Fsp3) is 0.185. The van der Waals surface area contributed by atoms with Gasteiger partial charge in [-0.15, -0.1) is 0 Å². The Bertz CT molecular complexity index is 1820. The van der Waals surface area contributed by atoms with Gasteiger partial charge in [-0.1, -0.05) is 82.3 Å². The van der Waals surface area contributed by atoms with E-state index in [-0.39, 0.29) is 49.5 Å². The van der Waals surface area contributed by atoms with Crippen molar-refractivity contribution in [3.05, 3.63) is 103 Å². The van der Waals surface area contributed by atoms with Gasteiger partial charge in [0, 0.05) is 25.9 Å². The lowest BCUT2D eigenvalue weighted by Gasteiger charge is -2.15. The highest BCUT2D eigenvalue weighted by Gasteiger charge is 2.32. The first-order valence-electron chi connectivity index (χ1n) is 12.1. The molecule has 0 saturated heterocycles. The number of benzene rings is 2. The molecule has 0 saturated carbocycles. The average molecular weight is 708 g/mol. The summed E-state index contributed by atoms with van der Waals surface area (Å²) in [4.78, 5) is 19.5. The highest BCUT2D eigenvalue weighted by Crippen LogP contribution is 2.32. The molecule has 0 atom stereocenters. The number of nitrogens with one attached hydrogen (secondary N) is 1. The molecular weight excluding hydrogens is 687 g/mol. The van der Waals surface area contributed by atoms with E-state index in [4.69, 9.17) is 51.7 Å². The second-order valence-electron chi connectivity index (χ2n) is 9.04. The quantitative estimate of drug-likeness (QED) is 0.230. The van der Waals surface area contributed by atoms with Crippen molar-refractivity contribution in [1.82, 2.24) is 23.6 Å². The fourth-order valence-corrected chi connectivity index (χ4v) is 5.68. The third kappa shape index (κ3) is 8.01. The number of pyridine rings is 1. The minimum Gasteiger partial charge on any atom is -0.346 e. The second kappa shape index (κ2) is 14.2. The van der Waals surface area contributed by atoms with Gasteiger partial charge in [0.15, 0.2) is 5.15 Å². The van der Waals surface area contributed by atoms with Crippen LogP contribution in [0.15, 0.2) is 54.7 Å². The Hall–Kier alpha value is -3.38. The smallest absolute Gasteiger partial charge is 0.346 e. The zero-order chi connectivity index (χ0) is 33.0. The van der Waals surface area contributed by atoms with Crippen molar-refractivity contribution in [2.75, 3.05) is 14.1 Å². The maximum atomic E-state index is 12.5. The summed E-state index contributed by atoms with van der Waals surface area (Å²) in [5.41, 5.74) is 0.977. The van der Waals surface area contributed by atoms with Crippen molar-refractivity contribution < 1.29 is 26.4 Å². The van der Waals surface area contributed by atoms with Crippen molar-refractivity contribution in [2.24, 2.45) is 0 Å². The number of carbonyl (C=O) groups excluding carboxylic acids is 1. The average Bonchev–Trinajstić information content (AvgIpc) is 3.29. The summed E-state index contributed by atoms with van der Waals surface area (Å²) >= 11 is 23.6. The second-order valence-corrected chi connectivity index (χ2v) is 12.6. The summed E-state index contributed by atoms with van der Waals surface area (Å²) in [7, 11) is -1.15. The van der Waals surface area contributed by atoms with Gasteiger partial charge in [0.1, 0.15) is 11.8 Å². The van der Waals surface area contributed by atoms with Crippen molar-refractivity contribution >= 4 is 62.5 Å². The molecular formula is C27H21Cl4F3N6O3S. The van der Waals surface area contributed by atoms with Crippen LogP contribution >= 0.6 is 46.4 Å². The molecule has 2 aromatic heterocycles. The zero-order valence-corrected chi connectivity index (χ0v) is 26.8. The highest BCUT2D eigenvalue weighted by molar-refractivity contribution is 7.87. The Kier molecular flexibility index (Phi) is 11.3. The number of rotatable bonds is 6. The van der Waals surface area contributed by atoms with E-state index in [0.717, 1.165) is 19.9 Å². The van der Waals surface area contributed by atoms with Crippen LogP contribution in [-0.4, -0.2) is 46.7 Å². The number of nitriles is 1. The van der Waals surface area contributed by atoms with Gasteiger partial charge in [0.2, 0.25) is 5.82 Å². The van der Waals surface area contributed by atoms with Gasteiger partial charge in [0.05, 0.1) is 38.4 Å². The lowest BCUT2D eigenvalue weighted by Crippen LogP contribution is -2.30. The summed E-state index contributed by atoms with van der Waals surface area (Å²) in [5, 5.41) is 11.7.